The van der Waals surface area contributed by atoms with Gasteiger partial charge in [-0.3, -0.25) is 29.4 Å². The van der Waals surface area contributed by atoms with Crippen LogP contribution in [0.4, 0.5) is 0 Å². The second-order valence-electron chi connectivity index (χ2n) is 12.1. The molecule has 0 aliphatic rings. The Morgan fingerprint density at radius 2 is 0.282 bits per heavy atom. The van der Waals surface area contributed by atoms with E-state index in [0.717, 1.165) is 29.4 Å². The molecule has 78 heavy (non-hydrogen) atoms. The second-order valence-corrected chi connectivity index (χ2v) is 12.7. The minimum atomic E-state index is -1.53. The maximum absolute atomic E-state index is 10.4. The van der Waals surface area contributed by atoms with Crippen molar-refractivity contribution in [1.82, 2.24) is 29.4 Å². The third kappa shape index (κ3) is 104. The summed E-state index contributed by atoms with van der Waals surface area (Å²) in [6.07, 6.45) is 0. The van der Waals surface area contributed by atoms with Crippen molar-refractivity contribution in [3.05, 3.63) is 0 Å². The van der Waals surface area contributed by atoms with Crippen LogP contribution in [-0.4, -0.2) is 262 Å². The number of hydrogen-bond acceptors (Lipinski definition) is 43. The van der Waals surface area contributed by atoms with Crippen molar-refractivity contribution in [2.24, 2.45) is 0 Å². The van der Waals surface area contributed by atoms with Crippen LogP contribution < -0.4 is 61.3 Å². The molecule has 0 aliphatic carbocycles. The van der Waals surface area contributed by atoms with Gasteiger partial charge in [-0.2, -0.15) is 0 Å². The van der Waals surface area contributed by atoms with Crippen LogP contribution in [0.5, 0.6) is 0 Å². The van der Waals surface area contributed by atoms with Crippen LogP contribution in [0.3, 0.4) is 0 Å². The van der Waals surface area contributed by atoms with Gasteiger partial charge in [0.05, 0.1) is 71.6 Å². The largest absolute Gasteiger partial charge is 3.00 e. The van der Waals surface area contributed by atoms with Crippen LogP contribution in [0, 0.1) is 0 Å². The second kappa shape index (κ2) is 73.2. The Kier molecular flexibility index (Phi) is 96.5. The number of aliphatic carboxylic acids is 12. The number of rotatable bonds is 33. The van der Waals surface area contributed by atoms with E-state index in [-0.39, 0.29) is 157 Å². The van der Waals surface area contributed by atoms with E-state index in [2.05, 4.69) is 0 Å². The molecule has 4 radical (unpaired) electrons. The summed E-state index contributed by atoms with van der Waals surface area (Å²) in [5, 5.41) is 125. The third-order valence-electron chi connectivity index (χ3n) is 6.43. The molecule has 454 valence electrons. The smallest absolute Gasteiger partial charge is 0.549 e. The van der Waals surface area contributed by atoms with Crippen LogP contribution in [0.15, 0.2) is 0 Å². The van der Waals surface area contributed by atoms with Crippen LogP contribution in [0.25, 0.3) is 0 Å². The zero-order valence-electron chi connectivity index (χ0n) is 38.9. The van der Waals surface area contributed by atoms with E-state index >= 15 is 0 Å². The van der Waals surface area contributed by atoms with Crippen molar-refractivity contribution in [3.8, 4) is 0 Å². The molecule has 0 spiro atoms. The molecule has 0 fully saturated rings. The molecule has 0 aromatic carbocycles. The average molecular weight is 1380 g/mol. The van der Waals surface area contributed by atoms with Gasteiger partial charge in [0, 0.05) is 118 Å². The van der Waals surface area contributed by atoms with Gasteiger partial charge >= 0.3 is 68.3 Å². The predicted octanol–water partition coefficient (Wildman–Crippen LogP) is -19.8. The molecule has 0 saturated heterocycles. The Hall–Kier alpha value is -3.77. The van der Waals surface area contributed by atoms with Crippen LogP contribution >= 0.6 is 49.3 Å². The molecule has 0 atom stereocenters. The maximum atomic E-state index is 10.4. The Bertz CT molecular complexity index is 1250. The zero-order valence-corrected chi connectivity index (χ0v) is 46.6. The van der Waals surface area contributed by atoms with Crippen molar-refractivity contribution in [1.29, 1.82) is 0 Å². The van der Waals surface area contributed by atoms with Crippen LogP contribution in [0.1, 0.15) is 0 Å². The molecule has 0 aromatic heterocycles. The molecule has 0 unspecified atom stereocenters. The topological polar surface area (TPSA) is 680 Å². The summed E-state index contributed by atoms with van der Waals surface area (Å²) < 4.78 is 56.3. The van der Waals surface area contributed by atoms with Gasteiger partial charge in [0.15, 0.2) is 49.3 Å². The number of carbonyl (C=O) groups excluding carboxylic acids is 13. The van der Waals surface area contributed by atoms with E-state index in [4.69, 9.17) is 41.2 Å². The van der Waals surface area contributed by atoms with Gasteiger partial charge in [-0.05, 0) is 0 Å². The minimum Gasteiger partial charge on any atom is -0.549 e. The fourth-order valence-corrected chi connectivity index (χ4v) is 4.32. The summed E-state index contributed by atoms with van der Waals surface area (Å²) in [7, 11) is 0. The SMILES string of the molecule is C=O.O=C([O-])CN(CCN(CC(=O)[O-])CC(=O)[O-])CC(=O)[O-].O=C([O-])CN(CCN(CC(=O)[O-])CC(=O)[O-])CC(=O)[O-].O=C([O-])CN(CCN(CC(=O)[O-])CC(=O)[O-])CC(=O)[O-].OSO.OSO.OSO.OSO.[Fe+3].[Fe+3].[Fe+3].[Fe+3]. The van der Waals surface area contributed by atoms with Crippen molar-refractivity contribution in [2.45, 2.75) is 0 Å². The first-order valence-electron chi connectivity index (χ1n) is 18.1. The van der Waals surface area contributed by atoms with Gasteiger partial charge < -0.3 is 160 Å². The summed E-state index contributed by atoms with van der Waals surface area (Å²) in [5.74, 6) is -18.4. The monoisotopic (exact) mass is 1380 g/mol. The Balaban J connectivity index is -0.0000000728. The first-order valence-corrected chi connectivity index (χ1v) is 21.0. The third-order valence-corrected chi connectivity index (χ3v) is 6.43. The summed E-state index contributed by atoms with van der Waals surface area (Å²) in [6.45, 7) is -7.75. The molecule has 39 nitrogen and oxygen atoms in total. The molecule has 0 rings (SSSR count). The number of nitrogens with zero attached hydrogens (tertiary/aromatic N) is 6. The number of hydrogen-bond donors (Lipinski definition) is 8. The molecular formula is C31H46Fe4N6O33S4. The summed E-state index contributed by atoms with van der Waals surface area (Å²) in [5.41, 5.74) is 0. The van der Waals surface area contributed by atoms with Gasteiger partial charge in [-0.1, -0.05) is 0 Å². The molecule has 0 aromatic rings. The van der Waals surface area contributed by atoms with Crippen molar-refractivity contribution >= 4 is 128 Å². The molecule has 0 amide bonds. The van der Waals surface area contributed by atoms with E-state index in [1.807, 2.05) is 6.79 Å². The average Bonchev–Trinajstić information content (AvgIpc) is 3.21. The Morgan fingerprint density at radius 3 is 0.321 bits per heavy atom. The van der Waals surface area contributed by atoms with Gasteiger partial charge in [-0.25, -0.2) is 0 Å². The molecule has 0 saturated carbocycles. The van der Waals surface area contributed by atoms with Crippen molar-refractivity contribution in [3.63, 3.8) is 0 Å². The van der Waals surface area contributed by atoms with Crippen LogP contribution in [0.2, 0.25) is 0 Å². The van der Waals surface area contributed by atoms with E-state index in [9.17, 15) is 119 Å². The quantitative estimate of drug-likeness (QED) is 0.0223. The number of carbonyl (C=O) groups is 13. The maximum Gasteiger partial charge on any atom is 3.00 e. The van der Waals surface area contributed by atoms with E-state index in [1.165, 1.54) is 0 Å². The Morgan fingerprint density at radius 1 is 0.231 bits per heavy atom. The van der Waals surface area contributed by atoms with Gasteiger partial charge in [0.2, 0.25) is 0 Å². The predicted molar refractivity (Wildman–Crippen MR) is 217 cm³/mol. The number of carboxylic acids is 12. The Labute approximate surface area is 500 Å². The number of carboxylic acid groups (broad SMARTS) is 12. The van der Waals surface area contributed by atoms with Crippen molar-refractivity contribution in [2.75, 3.05) is 118 Å². The fraction of sp³-hybridized carbons (Fsp3) is 0.581. The zero-order chi connectivity index (χ0) is 59.9. The first-order chi connectivity index (χ1) is 34.3. The molecule has 0 bridgehead atoms. The van der Waals surface area contributed by atoms with Gasteiger partial charge in [0.25, 0.3) is 0 Å². The van der Waals surface area contributed by atoms with Gasteiger partial charge in [0.1, 0.15) is 6.79 Å². The fourth-order valence-electron chi connectivity index (χ4n) is 4.32. The summed E-state index contributed by atoms with van der Waals surface area (Å²) in [4.78, 5) is 138. The van der Waals surface area contributed by atoms with Gasteiger partial charge in [-0.15, -0.1) is 0 Å². The molecule has 0 aliphatic heterocycles. The molecule has 0 heterocycles. The van der Waals surface area contributed by atoms with E-state index in [1.54, 1.807) is 0 Å². The van der Waals surface area contributed by atoms with E-state index < -0.39 is 150 Å². The summed E-state index contributed by atoms with van der Waals surface area (Å²) in [6, 6.07) is 0. The van der Waals surface area contributed by atoms with Crippen molar-refractivity contribution < 1.29 is 228 Å². The van der Waals surface area contributed by atoms with E-state index in [0.29, 0.717) is 0 Å². The summed E-state index contributed by atoms with van der Waals surface area (Å²) >= 11 is -1.00. The standard InChI is InChI=1S/3C10H16N2O8.CH2O.4Fe.4H2O2S/c3*13-7(14)3-11(4-8(15)16)1-2-12(5-9(17)18)6-10(19)20;1-2;;;;;4*1-3-2/h3*1-6H2,(H,13,14)(H,15,16)(H,17,18)(H,19,20);1H2;;;;;4*1-2H/q;;;;4*+3;;;;/p-12. The molecule has 47 heteroatoms. The molecular weight excluding hydrogens is 1340 g/mol. The van der Waals surface area contributed by atoms with Crippen LogP contribution in [-0.2, 0) is 131 Å². The molecule has 8 N–H and O–H groups in total. The minimum absolute atomic E-state index is 0. The normalized spacial score (nSPS) is 9.21. The first kappa shape index (κ1) is 103.